The van der Waals surface area contributed by atoms with E-state index in [0.717, 1.165) is 26.4 Å². The highest BCUT2D eigenvalue weighted by Crippen LogP contribution is 2.32. The van der Waals surface area contributed by atoms with Gasteiger partial charge in [0, 0.05) is 6.07 Å². The average Bonchev–Trinajstić information content (AvgIpc) is 2.54. The molecule has 1 aromatic rings. The number of carbonyl (C=O) groups is 3. The number of carboxylic acids is 1. The lowest BCUT2D eigenvalue weighted by atomic mass is 10.1. The molecule has 0 saturated carbocycles. The van der Waals surface area contributed by atoms with Crippen LogP contribution in [0.15, 0.2) is 23.9 Å². The molecule has 0 unspecified atom stereocenters. The molecule has 0 heterocycles. The van der Waals surface area contributed by atoms with Crippen molar-refractivity contribution in [3.8, 4) is 5.75 Å². The number of esters is 2. The Hall–Kier alpha value is -2.74. The van der Waals surface area contributed by atoms with E-state index in [9.17, 15) is 14.4 Å². The van der Waals surface area contributed by atoms with Crippen molar-refractivity contribution in [3.63, 3.8) is 0 Å². The van der Waals surface area contributed by atoms with Crippen LogP contribution in [0.25, 0.3) is 0 Å². The van der Waals surface area contributed by atoms with Crippen LogP contribution in [0.1, 0.15) is 10.4 Å². The van der Waals surface area contributed by atoms with E-state index in [1.165, 1.54) is 13.2 Å². The number of carboxylic acid groups (broad SMARTS) is 1. The molecule has 9 heteroatoms. The maximum absolute atomic E-state index is 11.7. The Morgan fingerprint density at radius 2 is 1.83 bits per heavy atom. The van der Waals surface area contributed by atoms with Gasteiger partial charge in [-0.2, -0.15) is 0 Å². The first-order chi connectivity index (χ1) is 10.8. The van der Waals surface area contributed by atoms with E-state index in [4.69, 9.17) is 21.4 Å². The van der Waals surface area contributed by atoms with Crippen molar-refractivity contribution in [2.45, 2.75) is 0 Å². The predicted molar refractivity (Wildman–Crippen MR) is 80.7 cm³/mol. The number of ether oxygens (including phenoxy) is 3. The molecule has 0 atom stereocenters. The Labute approximate surface area is 136 Å². The molecule has 0 spiro atoms. The van der Waals surface area contributed by atoms with Crippen molar-refractivity contribution >= 4 is 35.2 Å². The first-order valence-corrected chi connectivity index (χ1v) is 6.47. The lowest BCUT2D eigenvalue weighted by molar-refractivity contribution is -0.138. The van der Waals surface area contributed by atoms with Gasteiger partial charge in [-0.3, -0.25) is 0 Å². The number of hydrogen-bond donors (Lipinski definition) is 2. The molecule has 0 radical (unpaired) electrons. The molecule has 0 bridgehead atoms. The molecule has 1 rings (SSSR count). The second-order valence-electron chi connectivity index (χ2n) is 4.04. The molecular formula is C14H14ClNO7. The molecule has 8 nitrogen and oxygen atoms in total. The van der Waals surface area contributed by atoms with E-state index in [1.54, 1.807) is 0 Å². The van der Waals surface area contributed by atoms with Crippen LogP contribution >= 0.6 is 11.6 Å². The van der Waals surface area contributed by atoms with Gasteiger partial charge in [-0.05, 0) is 6.07 Å². The summed E-state index contributed by atoms with van der Waals surface area (Å²) in [6.45, 7) is 0. The van der Waals surface area contributed by atoms with Gasteiger partial charge in [-0.25, -0.2) is 14.4 Å². The molecule has 0 aliphatic heterocycles. The number of methoxy groups -OCH3 is 3. The van der Waals surface area contributed by atoms with E-state index >= 15 is 0 Å². The number of carbonyl (C=O) groups excluding carboxylic acids is 2. The van der Waals surface area contributed by atoms with Gasteiger partial charge < -0.3 is 24.6 Å². The molecule has 23 heavy (non-hydrogen) atoms. The van der Waals surface area contributed by atoms with Gasteiger partial charge in [0.05, 0.1) is 38.1 Å². The van der Waals surface area contributed by atoms with Crippen LogP contribution in [0.4, 0.5) is 5.69 Å². The van der Waals surface area contributed by atoms with Crippen LogP contribution in [0.2, 0.25) is 5.02 Å². The normalized spacial score (nSPS) is 10.7. The molecule has 2 N–H and O–H groups in total. The first kappa shape index (κ1) is 18.3. The topological polar surface area (TPSA) is 111 Å². The molecule has 0 saturated heterocycles. The Balaban J connectivity index is 3.28. The summed E-state index contributed by atoms with van der Waals surface area (Å²) in [4.78, 5) is 34.1. The maximum Gasteiger partial charge on any atom is 0.354 e. The third kappa shape index (κ3) is 4.62. The van der Waals surface area contributed by atoms with Crippen molar-refractivity contribution in [1.29, 1.82) is 0 Å². The summed E-state index contributed by atoms with van der Waals surface area (Å²) in [7, 11) is 3.56. The van der Waals surface area contributed by atoms with Crippen LogP contribution in [-0.2, 0) is 19.1 Å². The van der Waals surface area contributed by atoms with Crippen LogP contribution in [-0.4, -0.2) is 44.3 Å². The van der Waals surface area contributed by atoms with Crippen molar-refractivity contribution < 1.29 is 33.7 Å². The van der Waals surface area contributed by atoms with Crippen LogP contribution in [0.3, 0.4) is 0 Å². The van der Waals surface area contributed by atoms with E-state index in [2.05, 4.69) is 14.8 Å². The number of nitrogens with one attached hydrogen (secondary N) is 1. The summed E-state index contributed by atoms with van der Waals surface area (Å²) in [5, 5.41) is 11.7. The molecular weight excluding hydrogens is 330 g/mol. The quantitative estimate of drug-likeness (QED) is 0.593. The molecule has 0 aliphatic carbocycles. The SMILES string of the molecule is COC(=O)/C=C(/Nc1cc(OC)c(C(=O)O)cc1Cl)C(=O)OC. The van der Waals surface area contributed by atoms with Gasteiger partial charge in [0.25, 0.3) is 0 Å². The van der Waals surface area contributed by atoms with E-state index in [0.29, 0.717) is 0 Å². The predicted octanol–water partition coefficient (Wildman–Crippen LogP) is 1.69. The number of benzene rings is 1. The highest BCUT2D eigenvalue weighted by molar-refractivity contribution is 6.34. The fourth-order valence-corrected chi connectivity index (χ4v) is 1.77. The lowest BCUT2D eigenvalue weighted by Gasteiger charge is -2.13. The summed E-state index contributed by atoms with van der Waals surface area (Å²) in [5.74, 6) is -2.84. The standard InChI is InChI=1S/C14H14ClNO7/c1-21-11-5-9(8(15)4-7(11)13(18)19)16-10(14(20)23-3)6-12(17)22-2/h4-6,16H,1-3H3,(H,18,19)/b10-6+. The van der Waals surface area contributed by atoms with Crippen molar-refractivity contribution in [1.82, 2.24) is 0 Å². The highest BCUT2D eigenvalue weighted by Gasteiger charge is 2.18. The minimum atomic E-state index is -1.23. The molecule has 0 aliphatic rings. The first-order valence-electron chi connectivity index (χ1n) is 6.09. The van der Waals surface area contributed by atoms with Gasteiger partial charge in [-0.1, -0.05) is 11.6 Å². The summed E-state index contributed by atoms with van der Waals surface area (Å²) >= 11 is 5.99. The largest absolute Gasteiger partial charge is 0.496 e. The van der Waals surface area contributed by atoms with E-state index < -0.39 is 17.9 Å². The van der Waals surface area contributed by atoms with Gasteiger partial charge in [0.2, 0.25) is 0 Å². The summed E-state index contributed by atoms with van der Waals surface area (Å²) in [5.41, 5.74) is -0.250. The van der Waals surface area contributed by atoms with Crippen molar-refractivity contribution in [3.05, 3.63) is 34.5 Å². The number of hydrogen-bond acceptors (Lipinski definition) is 7. The Morgan fingerprint density at radius 1 is 1.17 bits per heavy atom. The van der Waals surface area contributed by atoms with Gasteiger partial charge in [0.1, 0.15) is 17.0 Å². The Kier molecular flexibility index (Phi) is 6.40. The van der Waals surface area contributed by atoms with Gasteiger partial charge in [-0.15, -0.1) is 0 Å². The zero-order chi connectivity index (χ0) is 17.6. The Morgan fingerprint density at radius 3 is 2.30 bits per heavy atom. The van der Waals surface area contributed by atoms with Crippen LogP contribution in [0.5, 0.6) is 5.75 Å². The fourth-order valence-electron chi connectivity index (χ4n) is 1.56. The molecule has 0 aromatic heterocycles. The molecule has 1 aromatic carbocycles. The number of anilines is 1. The van der Waals surface area contributed by atoms with Crippen LogP contribution in [0, 0.1) is 0 Å². The lowest BCUT2D eigenvalue weighted by Crippen LogP contribution is -2.16. The summed E-state index contributed by atoms with van der Waals surface area (Å²) in [6, 6.07) is 2.43. The minimum Gasteiger partial charge on any atom is -0.496 e. The van der Waals surface area contributed by atoms with E-state index in [-0.39, 0.29) is 27.7 Å². The monoisotopic (exact) mass is 343 g/mol. The average molecular weight is 344 g/mol. The molecule has 0 amide bonds. The molecule has 0 fully saturated rings. The fraction of sp³-hybridized carbons (Fsp3) is 0.214. The van der Waals surface area contributed by atoms with E-state index in [1.807, 2.05) is 0 Å². The second kappa shape index (κ2) is 8.04. The maximum atomic E-state index is 11.7. The van der Waals surface area contributed by atoms with Crippen molar-refractivity contribution in [2.75, 3.05) is 26.6 Å². The van der Waals surface area contributed by atoms with Crippen molar-refractivity contribution in [2.24, 2.45) is 0 Å². The second-order valence-corrected chi connectivity index (χ2v) is 4.44. The Bertz CT molecular complexity index is 669. The van der Waals surface area contributed by atoms with Gasteiger partial charge in [0.15, 0.2) is 0 Å². The number of aromatic carboxylic acids is 1. The molecule has 124 valence electrons. The summed E-state index contributed by atoms with van der Waals surface area (Å²) in [6.07, 6.45) is 0.875. The van der Waals surface area contributed by atoms with Crippen LogP contribution < -0.4 is 10.1 Å². The third-order valence-corrected chi connectivity index (χ3v) is 2.97. The zero-order valence-electron chi connectivity index (χ0n) is 12.5. The minimum absolute atomic E-state index is 0.00266. The number of halogens is 1. The number of rotatable bonds is 6. The smallest absolute Gasteiger partial charge is 0.354 e. The van der Waals surface area contributed by atoms with Gasteiger partial charge >= 0.3 is 17.9 Å². The summed E-state index contributed by atoms with van der Waals surface area (Å²) < 4.78 is 13.9. The third-order valence-electron chi connectivity index (χ3n) is 2.66. The highest BCUT2D eigenvalue weighted by atomic mass is 35.5. The zero-order valence-corrected chi connectivity index (χ0v) is 13.3.